The molecule has 0 N–H and O–H groups in total. The van der Waals surface area contributed by atoms with Crippen molar-refractivity contribution in [1.82, 2.24) is 0 Å². The van der Waals surface area contributed by atoms with Gasteiger partial charge in [-0.25, -0.2) is 9.18 Å². The molecule has 1 saturated heterocycles. The minimum absolute atomic E-state index is 0.177. The molecule has 0 radical (unpaired) electrons. The lowest BCUT2D eigenvalue weighted by atomic mass is 10.0. The van der Waals surface area contributed by atoms with Crippen LogP contribution in [0.2, 0.25) is 0 Å². The molecule has 7 nitrogen and oxygen atoms in total. The molecule has 0 bridgehead atoms. The van der Waals surface area contributed by atoms with Gasteiger partial charge in [0.2, 0.25) is 0 Å². The zero-order chi connectivity index (χ0) is 19.4. The molecule has 2 aromatic rings. The van der Waals surface area contributed by atoms with Crippen LogP contribution in [0.3, 0.4) is 0 Å². The van der Waals surface area contributed by atoms with Gasteiger partial charge in [0, 0.05) is 16.0 Å². The van der Waals surface area contributed by atoms with Crippen molar-refractivity contribution >= 4 is 11.8 Å². The zero-order valence-corrected chi connectivity index (χ0v) is 15.1. The number of hydrogen-bond donors (Lipinski definition) is 0. The van der Waals surface area contributed by atoms with E-state index in [9.17, 15) is 9.18 Å². The molecular formula is C19H19FN4O3. The van der Waals surface area contributed by atoms with E-state index < -0.39 is 11.9 Å². The number of carbonyl (C=O) groups excluding carboxylic acids is 1. The fraction of sp³-hybridized carbons (Fsp3) is 0.316. The number of cyclic esters (lactones) is 1. The lowest BCUT2D eigenvalue weighted by molar-refractivity contribution is 0.139. The highest BCUT2D eigenvalue weighted by atomic mass is 19.1. The van der Waals surface area contributed by atoms with Gasteiger partial charge in [-0.05, 0) is 41.8 Å². The first kappa shape index (κ1) is 18.5. The van der Waals surface area contributed by atoms with Crippen LogP contribution in [0.25, 0.3) is 21.6 Å². The quantitative estimate of drug-likeness (QED) is 0.405. The molecule has 1 heterocycles. The van der Waals surface area contributed by atoms with Gasteiger partial charge >= 0.3 is 6.09 Å². The van der Waals surface area contributed by atoms with Gasteiger partial charge in [-0.3, -0.25) is 4.90 Å². The molecule has 1 fully saturated rings. The van der Waals surface area contributed by atoms with E-state index in [1.54, 1.807) is 30.3 Å². The second-order valence-corrected chi connectivity index (χ2v) is 6.11. The second kappa shape index (κ2) is 7.97. The van der Waals surface area contributed by atoms with Crippen molar-refractivity contribution in [2.75, 3.05) is 18.6 Å². The standard InChI is InChI=1S/C19H19FN4O3/c1-3-14-11-24(19(25)27-14)13-5-7-15(17(20)9-13)16-6-4-12(10-22-23-21)8-18(16)26-2/h4-9,14H,3,10-11H2,1-2H3/t14-/m0/s1. The maximum atomic E-state index is 14.8. The van der Waals surface area contributed by atoms with Gasteiger partial charge in [-0.1, -0.05) is 24.2 Å². The van der Waals surface area contributed by atoms with Crippen LogP contribution in [0.4, 0.5) is 14.9 Å². The van der Waals surface area contributed by atoms with E-state index >= 15 is 0 Å². The number of amides is 1. The lowest BCUT2D eigenvalue weighted by Gasteiger charge is -2.16. The molecule has 3 rings (SSSR count). The Bertz CT molecular complexity index is 912. The average Bonchev–Trinajstić information content (AvgIpc) is 3.07. The van der Waals surface area contributed by atoms with Crippen molar-refractivity contribution in [2.24, 2.45) is 5.11 Å². The molecular weight excluding hydrogens is 351 g/mol. The van der Waals surface area contributed by atoms with Crippen LogP contribution in [-0.2, 0) is 11.3 Å². The highest BCUT2D eigenvalue weighted by Crippen LogP contribution is 2.35. The Morgan fingerprint density at radius 1 is 1.33 bits per heavy atom. The molecule has 140 valence electrons. The third-order valence-corrected chi connectivity index (χ3v) is 4.47. The fourth-order valence-corrected chi connectivity index (χ4v) is 3.00. The van der Waals surface area contributed by atoms with E-state index in [2.05, 4.69) is 10.0 Å². The van der Waals surface area contributed by atoms with Gasteiger partial charge in [0.25, 0.3) is 0 Å². The van der Waals surface area contributed by atoms with Crippen LogP contribution in [-0.4, -0.2) is 25.9 Å². The summed E-state index contributed by atoms with van der Waals surface area (Å²) in [5, 5.41) is 3.51. The minimum atomic E-state index is -0.471. The predicted octanol–water partition coefficient (Wildman–Crippen LogP) is 5.05. The number of ether oxygens (including phenoxy) is 2. The molecule has 0 aliphatic carbocycles. The monoisotopic (exact) mass is 370 g/mol. The molecule has 1 aliphatic heterocycles. The minimum Gasteiger partial charge on any atom is -0.496 e. The van der Waals surface area contributed by atoms with Gasteiger partial charge in [-0.2, -0.15) is 0 Å². The summed E-state index contributed by atoms with van der Waals surface area (Å²) in [5.74, 6) is 0.000244. The Kier molecular flexibility index (Phi) is 5.47. The number of benzene rings is 2. The second-order valence-electron chi connectivity index (χ2n) is 6.11. The molecule has 1 aliphatic rings. The topological polar surface area (TPSA) is 87.5 Å². The number of nitrogens with zero attached hydrogens (tertiary/aromatic N) is 4. The first-order valence-corrected chi connectivity index (χ1v) is 8.53. The summed E-state index contributed by atoms with van der Waals surface area (Å²) in [6.45, 7) is 2.53. The number of azide groups is 1. The van der Waals surface area contributed by atoms with Crippen LogP contribution < -0.4 is 9.64 Å². The summed E-state index contributed by atoms with van der Waals surface area (Å²) in [4.78, 5) is 16.1. The summed E-state index contributed by atoms with van der Waals surface area (Å²) in [6, 6.07) is 9.80. The van der Waals surface area contributed by atoms with Gasteiger partial charge < -0.3 is 9.47 Å². The number of halogens is 1. The van der Waals surface area contributed by atoms with E-state index in [-0.39, 0.29) is 12.6 Å². The Morgan fingerprint density at radius 2 is 2.11 bits per heavy atom. The van der Waals surface area contributed by atoms with Gasteiger partial charge in [0.05, 0.1) is 25.9 Å². The van der Waals surface area contributed by atoms with Crippen LogP contribution in [0.1, 0.15) is 18.9 Å². The van der Waals surface area contributed by atoms with E-state index in [1.807, 2.05) is 6.92 Å². The molecule has 0 saturated carbocycles. The number of carbonyl (C=O) groups is 1. The highest BCUT2D eigenvalue weighted by molar-refractivity contribution is 5.90. The molecule has 1 atom stereocenters. The van der Waals surface area contributed by atoms with Gasteiger partial charge in [-0.15, -0.1) is 0 Å². The van der Waals surface area contributed by atoms with Crippen LogP contribution in [0.15, 0.2) is 41.5 Å². The molecule has 27 heavy (non-hydrogen) atoms. The lowest BCUT2D eigenvalue weighted by Crippen LogP contribution is -2.24. The van der Waals surface area contributed by atoms with Crippen molar-refractivity contribution in [3.63, 3.8) is 0 Å². The number of methoxy groups -OCH3 is 1. The van der Waals surface area contributed by atoms with E-state index in [1.165, 1.54) is 18.1 Å². The van der Waals surface area contributed by atoms with Crippen molar-refractivity contribution in [2.45, 2.75) is 26.0 Å². The Balaban J connectivity index is 1.92. The summed E-state index contributed by atoms with van der Waals surface area (Å²) < 4.78 is 25.4. The fourth-order valence-electron chi connectivity index (χ4n) is 3.00. The molecule has 1 amide bonds. The van der Waals surface area contributed by atoms with Crippen molar-refractivity contribution in [3.05, 3.63) is 58.2 Å². The largest absolute Gasteiger partial charge is 0.496 e. The SMILES string of the molecule is CC[C@H]1CN(c2ccc(-c3ccc(CN=[N+]=[N-])cc3OC)c(F)c2)C(=O)O1. The Hall–Kier alpha value is -3.25. The van der Waals surface area contributed by atoms with Crippen molar-refractivity contribution < 1.29 is 18.7 Å². The average molecular weight is 370 g/mol. The smallest absolute Gasteiger partial charge is 0.414 e. The molecule has 0 unspecified atom stereocenters. The van der Waals surface area contributed by atoms with E-state index in [0.717, 1.165) is 5.56 Å². The third kappa shape index (κ3) is 3.80. The zero-order valence-electron chi connectivity index (χ0n) is 15.1. The highest BCUT2D eigenvalue weighted by Gasteiger charge is 2.31. The maximum Gasteiger partial charge on any atom is 0.414 e. The van der Waals surface area contributed by atoms with Crippen LogP contribution in [0, 0.1) is 5.82 Å². The maximum absolute atomic E-state index is 14.8. The predicted molar refractivity (Wildman–Crippen MR) is 99.1 cm³/mol. The summed E-state index contributed by atoms with van der Waals surface area (Å²) >= 11 is 0. The van der Waals surface area contributed by atoms with Crippen LogP contribution >= 0.6 is 0 Å². The number of hydrogen-bond acceptors (Lipinski definition) is 4. The molecule has 2 aromatic carbocycles. The normalized spacial score (nSPS) is 16.0. The van der Waals surface area contributed by atoms with E-state index in [4.69, 9.17) is 15.0 Å². The Labute approximate surface area is 155 Å². The molecule has 8 heteroatoms. The Morgan fingerprint density at radius 3 is 2.74 bits per heavy atom. The summed E-state index contributed by atoms with van der Waals surface area (Å²) in [7, 11) is 1.49. The summed E-state index contributed by atoms with van der Waals surface area (Å²) in [6.07, 6.45) is 0.0697. The van der Waals surface area contributed by atoms with E-state index in [0.29, 0.717) is 35.5 Å². The first-order valence-electron chi connectivity index (χ1n) is 8.53. The van der Waals surface area contributed by atoms with Gasteiger partial charge in [0.15, 0.2) is 0 Å². The molecule has 0 spiro atoms. The van der Waals surface area contributed by atoms with Gasteiger partial charge in [0.1, 0.15) is 17.7 Å². The third-order valence-electron chi connectivity index (χ3n) is 4.47. The van der Waals surface area contributed by atoms with Crippen molar-refractivity contribution in [3.8, 4) is 16.9 Å². The number of anilines is 1. The van der Waals surface area contributed by atoms with Crippen LogP contribution in [0.5, 0.6) is 5.75 Å². The summed E-state index contributed by atoms with van der Waals surface area (Å²) in [5.41, 5.74) is 10.6. The molecule has 0 aromatic heterocycles. The number of rotatable bonds is 6. The van der Waals surface area contributed by atoms with Crippen molar-refractivity contribution in [1.29, 1.82) is 0 Å². The first-order chi connectivity index (χ1) is 13.1.